The first-order chi connectivity index (χ1) is 7.66. The van der Waals surface area contributed by atoms with E-state index < -0.39 is 0 Å². The molecule has 1 fully saturated rings. The third-order valence-corrected chi connectivity index (χ3v) is 3.50. The molecule has 4 heteroatoms. The molecule has 0 unspecified atom stereocenters. The molecule has 0 aliphatic heterocycles. The van der Waals surface area contributed by atoms with E-state index in [1.165, 1.54) is 6.07 Å². The van der Waals surface area contributed by atoms with Gasteiger partial charge in [-0.05, 0) is 53.4 Å². The number of hydrogen-bond acceptors (Lipinski definition) is 2. The van der Waals surface area contributed by atoms with Crippen LogP contribution in [-0.2, 0) is 4.79 Å². The number of carbonyl (C=O) groups is 1. The SMILES string of the molecule is Fc1ccc2ccsc2c1.O=C(Cl)C1CC1. The Morgan fingerprint density at radius 1 is 1.38 bits per heavy atom. The van der Waals surface area contributed by atoms with Crippen molar-refractivity contribution in [1.82, 2.24) is 0 Å². The zero-order valence-electron chi connectivity index (χ0n) is 8.45. The van der Waals surface area contributed by atoms with Gasteiger partial charge >= 0.3 is 0 Å². The molecule has 16 heavy (non-hydrogen) atoms. The molecule has 1 aromatic carbocycles. The van der Waals surface area contributed by atoms with Crippen molar-refractivity contribution in [3.8, 4) is 0 Å². The molecule has 1 saturated carbocycles. The fourth-order valence-electron chi connectivity index (χ4n) is 1.24. The van der Waals surface area contributed by atoms with Gasteiger partial charge in [-0.15, -0.1) is 11.3 Å². The van der Waals surface area contributed by atoms with Gasteiger partial charge in [-0.3, -0.25) is 4.79 Å². The Morgan fingerprint density at radius 3 is 2.69 bits per heavy atom. The monoisotopic (exact) mass is 256 g/mol. The molecule has 1 aliphatic rings. The number of hydrogen-bond donors (Lipinski definition) is 0. The van der Waals surface area contributed by atoms with Gasteiger partial charge in [0.15, 0.2) is 0 Å². The predicted molar refractivity (Wildman–Crippen MR) is 65.4 cm³/mol. The van der Waals surface area contributed by atoms with Gasteiger partial charge in [-0.25, -0.2) is 4.39 Å². The molecule has 0 bridgehead atoms. The summed E-state index contributed by atoms with van der Waals surface area (Å²) in [6.45, 7) is 0. The number of thiophene rings is 1. The first kappa shape index (κ1) is 11.6. The van der Waals surface area contributed by atoms with Gasteiger partial charge in [0.25, 0.3) is 0 Å². The van der Waals surface area contributed by atoms with Gasteiger partial charge in [0.2, 0.25) is 5.24 Å². The number of carbonyl (C=O) groups excluding carboxylic acids is 1. The summed E-state index contributed by atoms with van der Waals surface area (Å²) in [5.74, 6) is 0.0709. The first-order valence-electron chi connectivity index (χ1n) is 4.99. The second-order valence-electron chi connectivity index (χ2n) is 3.68. The molecule has 2 aromatic rings. The Bertz CT molecular complexity index is 504. The molecule has 1 nitrogen and oxygen atoms in total. The van der Waals surface area contributed by atoms with Crippen molar-refractivity contribution >= 4 is 38.3 Å². The lowest BCUT2D eigenvalue weighted by Crippen LogP contribution is -1.83. The van der Waals surface area contributed by atoms with E-state index in [2.05, 4.69) is 0 Å². The topological polar surface area (TPSA) is 17.1 Å². The maximum absolute atomic E-state index is 12.5. The second kappa shape index (κ2) is 4.93. The molecular weight excluding hydrogens is 247 g/mol. The van der Waals surface area contributed by atoms with Crippen molar-refractivity contribution in [2.45, 2.75) is 12.8 Å². The summed E-state index contributed by atoms with van der Waals surface area (Å²) < 4.78 is 13.5. The average molecular weight is 257 g/mol. The highest BCUT2D eigenvalue weighted by Crippen LogP contribution is 2.30. The lowest BCUT2D eigenvalue weighted by Gasteiger charge is -1.86. The van der Waals surface area contributed by atoms with E-state index in [0.717, 1.165) is 22.9 Å². The zero-order chi connectivity index (χ0) is 11.5. The van der Waals surface area contributed by atoms with Gasteiger partial charge in [0.05, 0.1) is 0 Å². The highest BCUT2D eigenvalue weighted by atomic mass is 35.5. The van der Waals surface area contributed by atoms with E-state index in [1.54, 1.807) is 23.5 Å². The zero-order valence-corrected chi connectivity index (χ0v) is 10.0. The molecule has 0 amide bonds. The minimum absolute atomic E-state index is 0.157. The molecule has 1 aliphatic carbocycles. The molecule has 1 aromatic heterocycles. The summed E-state index contributed by atoms with van der Waals surface area (Å²) in [4.78, 5) is 9.97. The smallest absolute Gasteiger partial charge is 0.224 e. The number of rotatable bonds is 1. The maximum atomic E-state index is 12.5. The third-order valence-electron chi connectivity index (χ3n) is 2.32. The van der Waals surface area contributed by atoms with Gasteiger partial charge < -0.3 is 0 Å². The lowest BCUT2D eigenvalue weighted by molar-refractivity contribution is -0.112. The van der Waals surface area contributed by atoms with Crippen molar-refractivity contribution in [3.63, 3.8) is 0 Å². The predicted octanol–water partition coefficient (Wildman–Crippen LogP) is 4.20. The first-order valence-corrected chi connectivity index (χ1v) is 6.24. The van der Waals surface area contributed by atoms with Gasteiger partial charge in [-0.1, -0.05) is 6.07 Å². The average Bonchev–Trinajstić information content (AvgIpc) is 3.00. The number of fused-ring (bicyclic) bond motifs is 1. The summed E-state index contributed by atoms with van der Waals surface area (Å²) >= 11 is 6.60. The van der Waals surface area contributed by atoms with E-state index in [9.17, 15) is 9.18 Å². The van der Waals surface area contributed by atoms with Crippen LogP contribution < -0.4 is 0 Å². The minimum atomic E-state index is -0.157. The summed E-state index contributed by atoms with van der Waals surface area (Å²) in [5.41, 5.74) is 0. The lowest BCUT2D eigenvalue weighted by atomic mass is 10.3. The molecule has 3 rings (SSSR count). The molecule has 1 heterocycles. The van der Waals surface area contributed by atoms with E-state index in [1.807, 2.05) is 11.4 Å². The van der Waals surface area contributed by atoms with Gasteiger partial charge in [0, 0.05) is 10.6 Å². The van der Waals surface area contributed by atoms with Crippen LogP contribution in [0.1, 0.15) is 12.8 Å². The molecule has 0 atom stereocenters. The van der Waals surface area contributed by atoms with Crippen LogP contribution in [0.5, 0.6) is 0 Å². The van der Waals surface area contributed by atoms with Crippen LogP contribution in [0.4, 0.5) is 4.39 Å². The van der Waals surface area contributed by atoms with E-state index in [-0.39, 0.29) is 17.0 Å². The largest absolute Gasteiger partial charge is 0.281 e. The quantitative estimate of drug-likeness (QED) is 0.699. The Morgan fingerprint density at radius 2 is 2.12 bits per heavy atom. The molecule has 0 saturated heterocycles. The van der Waals surface area contributed by atoms with Crippen molar-refractivity contribution in [3.05, 3.63) is 35.5 Å². The molecule has 0 N–H and O–H groups in total. The van der Waals surface area contributed by atoms with Crippen LogP contribution in [0.3, 0.4) is 0 Å². The van der Waals surface area contributed by atoms with Crippen LogP contribution in [0.2, 0.25) is 0 Å². The molecule has 0 radical (unpaired) electrons. The van der Waals surface area contributed by atoms with Crippen LogP contribution in [0.15, 0.2) is 29.6 Å². The van der Waals surface area contributed by atoms with Crippen molar-refractivity contribution in [2.24, 2.45) is 5.92 Å². The van der Waals surface area contributed by atoms with Crippen LogP contribution >= 0.6 is 22.9 Å². The van der Waals surface area contributed by atoms with Crippen LogP contribution in [0, 0.1) is 11.7 Å². The highest BCUT2D eigenvalue weighted by molar-refractivity contribution is 7.17. The minimum Gasteiger partial charge on any atom is -0.281 e. The molecule has 0 spiro atoms. The van der Waals surface area contributed by atoms with Crippen LogP contribution in [0.25, 0.3) is 10.1 Å². The summed E-state index contributed by atoms with van der Waals surface area (Å²) in [6, 6.07) is 6.82. The fraction of sp³-hybridized carbons (Fsp3) is 0.250. The summed E-state index contributed by atoms with van der Waals surface area (Å²) in [7, 11) is 0. The maximum Gasteiger partial charge on any atom is 0.224 e. The van der Waals surface area contributed by atoms with Crippen molar-refractivity contribution < 1.29 is 9.18 Å². The van der Waals surface area contributed by atoms with Crippen molar-refractivity contribution in [2.75, 3.05) is 0 Å². The Labute approximate surface area is 102 Å². The standard InChI is InChI=1S/C8H5FS.C4H5ClO/c9-7-2-1-6-3-4-10-8(6)5-7;5-4(6)3-1-2-3/h1-5H;3H,1-2H2. The third kappa shape index (κ3) is 3.03. The van der Waals surface area contributed by atoms with E-state index >= 15 is 0 Å². The normalized spacial score (nSPS) is 14.4. The summed E-state index contributed by atoms with van der Waals surface area (Å²) in [5, 5.41) is 2.92. The van der Waals surface area contributed by atoms with E-state index in [0.29, 0.717) is 0 Å². The Hall–Kier alpha value is -0.930. The Balaban J connectivity index is 0.000000138. The van der Waals surface area contributed by atoms with Gasteiger partial charge in [-0.2, -0.15) is 0 Å². The number of benzene rings is 1. The van der Waals surface area contributed by atoms with Crippen molar-refractivity contribution in [1.29, 1.82) is 0 Å². The molecule has 84 valence electrons. The fourth-order valence-corrected chi connectivity index (χ4v) is 2.27. The highest BCUT2D eigenvalue weighted by Gasteiger charge is 2.27. The van der Waals surface area contributed by atoms with Crippen LogP contribution in [-0.4, -0.2) is 5.24 Å². The Kier molecular flexibility index (Phi) is 3.56. The molecular formula is C12H10ClFOS. The van der Waals surface area contributed by atoms with E-state index in [4.69, 9.17) is 11.6 Å². The number of halogens is 2. The summed E-state index contributed by atoms with van der Waals surface area (Å²) in [6.07, 6.45) is 2.03. The second-order valence-corrected chi connectivity index (χ2v) is 5.00. The van der Waals surface area contributed by atoms with Gasteiger partial charge in [0.1, 0.15) is 5.82 Å².